The topological polar surface area (TPSA) is 58.2 Å². The Hall–Kier alpha value is -0.130. The largest absolute Gasteiger partial charge is 0.316 e. The first-order valence-electron chi connectivity index (χ1n) is 6.60. The average molecular weight is 262 g/mol. The molecule has 1 aliphatic carbocycles. The average Bonchev–Trinajstić information content (AvgIpc) is 2.57. The molecular weight excluding hydrogens is 236 g/mol. The van der Waals surface area contributed by atoms with Gasteiger partial charge in [0.2, 0.25) is 10.0 Å². The number of hydrogen-bond acceptors (Lipinski definition) is 3. The summed E-state index contributed by atoms with van der Waals surface area (Å²) >= 11 is 0. The zero-order chi connectivity index (χ0) is 13.1. The summed E-state index contributed by atoms with van der Waals surface area (Å²) in [6.07, 6.45) is 2.09. The molecule has 0 bridgehead atoms. The quantitative estimate of drug-likeness (QED) is 0.759. The van der Waals surface area contributed by atoms with Crippen LogP contribution in [0.3, 0.4) is 0 Å². The first kappa shape index (κ1) is 14.9. The van der Waals surface area contributed by atoms with E-state index in [1.54, 1.807) is 6.92 Å². The Balaban J connectivity index is 2.54. The molecule has 1 rings (SSSR count). The number of hydrogen-bond donors (Lipinski definition) is 2. The Labute approximate surface area is 106 Å². The molecule has 2 N–H and O–H groups in total. The van der Waals surface area contributed by atoms with E-state index in [0.29, 0.717) is 18.4 Å². The van der Waals surface area contributed by atoms with Gasteiger partial charge in [-0.15, -0.1) is 0 Å². The summed E-state index contributed by atoms with van der Waals surface area (Å²) < 4.78 is 27.1. The number of nitrogens with one attached hydrogen (secondary N) is 2. The highest BCUT2D eigenvalue weighted by molar-refractivity contribution is 7.90. The summed E-state index contributed by atoms with van der Waals surface area (Å²) in [6.45, 7) is 9.39. The van der Waals surface area contributed by atoms with Crippen LogP contribution in [0.5, 0.6) is 0 Å². The number of rotatable bonds is 6. The van der Waals surface area contributed by atoms with E-state index in [9.17, 15) is 8.42 Å². The van der Waals surface area contributed by atoms with Gasteiger partial charge in [0.05, 0.1) is 5.25 Å². The molecule has 0 aromatic rings. The van der Waals surface area contributed by atoms with Crippen LogP contribution in [0.25, 0.3) is 0 Å². The van der Waals surface area contributed by atoms with Crippen molar-refractivity contribution in [3.63, 3.8) is 0 Å². The van der Waals surface area contributed by atoms with E-state index in [0.717, 1.165) is 19.4 Å². The molecular formula is C12H26N2O2S. The maximum Gasteiger partial charge on any atom is 0.215 e. The lowest BCUT2D eigenvalue weighted by molar-refractivity contribution is 0.400. The second-order valence-electron chi connectivity index (χ2n) is 5.30. The van der Waals surface area contributed by atoms with E-state index in [4.69, 9.17) is 0 Å². The Morgan fingerprint density at radius 2 is 1.94 bits per heavy atom. The molecule has 4 nitrogen and oxygen atoms in total. The monoisotopic (exact) mass is 262 g/mol. The molecule has 0 amide bonds. The molecule has 1 saturated carbocycles. The fraction of sp³-hybridized carbons (Fsp3) is 1.00. The van der Waals surface area contributed by atoms with Crippen molar-refractivity contribution in [2.24, 2.45) is 11.8 Å². The Bertz CT molecular complexity index is 329. The predicted octanol–water partition coefficient (Wildman–Crippen LogP) is 1.34. The van der Waals surface area contributed by atoms with Crippen LogP contribution in [0.4, 0.5) is 0 Å². The van der Waals surface area contributed by atoms with Crippen LogP contribution in [-0.4, -0.2) is 32.8 Å². The second-order valence-corrected chi connectivity index (χ2v) is 7.43. The highest BCUT2D eigenvalue weighted by Gasteiger charge is 2.34. The Kier molecular flexibility index (Phi) is 5.41. The minimum Gasteiger partial charge on any atom is -0.316 e. The fourth-order valence-electron chi connectivity index (χ4n) is 2.32. The third-order valence-corrected chi connectivity index (χ3v) is 5.85. The number of sulfonamides is 1. The van der Waals surface area contributed by atoms with Gasteiger partial charge in [0.25, 0.3) is 0 Å². The molecule has 0 aromatic heterocycles. The van der Waals surface area contributed by atoms with E-state index >= 15 is 0 Å². The molecule has 0 aliphatic heterocycles. The van der Waals surface area contributed by atoms with Crippen molar-refractivity contribution in [1.82, 2.24) is 10.0 Å². The van der Waals surface area contributed by atoms with Crippen LogP contribution in [0.1, 0.15) is 40.5 Å². The van der Waals surface area contributed by atoms with Crippen molar-refractivity contribution in [3.05, 3.63) is 0 Å². The second kappa shape index (κ2) is 6.16. The fourth-order valence-corrected chi connectivity index (χ4v) is 3.64. The third-order valence-electron chi connectivity index (χ3n) is 3.99. The maximum atomic E-state index is 12.1. The molecule has 0 spiro atoms. The molecule has 102 valence electrons. The van der Waals surface area contributed by atoms with E-state index < -0.39 is 10.0 Å². The van der Waals surface area contributed by atoms with Crippen LogP contribution in [-0.2, 0) is 10.0 Å². The Morgan fingerprint density at radius 1 is 1.29 bits per heavy atom. The molecule has 1 fully saturated rings. The summed E-state index contributed by atoms with van der Waals surface area (Å²) in [7, 11) is -3.18. The van der Waals surface area contributed by atoms with Crippen molar-refractivity contribution in [1.29, 1.82) is 0 Å². The lowest BCUT2D eigenvalue weighted by Gasteiger charge is -2.22. The van der Waals surface area contributed by atoms with E-state index in [1.165, 1.54) is 0 Å². The summed E-state index contributed by atoms with van der Waals surface area (Å²) in [5.74, 6) is 1.06. The molecule has 17 heavy (non-hydrogen) atoms. The lowest BCUT2D eigenvalue weighted by atomic mass is 9.98. The summed E-state index contributed by atoms with van der Waals surface area (Å²) in [5, 5.41) is 2.71. The van der Waals surface area contributed by atoms with E-state index in [1.807, 2.05) is 6.92 Å². The normalized spacial score (nSPS) is 31.6. The molecule has 4 atom stereocenters. The zero-order valence-corrected chi connectivity index (χ0v) is 12.2. The van der Waals surface area contributed by atoms with Gasteiger partial charge in [0.1, 0.15) is 0 Å². The summed E-state index contributed by atoms with van der Waals surface area (Å²) in [4.78, 5) is 0. The van der Waals surface area contributed by atoms with Crippen molar-refractivity contribution in [2.45, 2.75) is 51.8 Å². The van der Waals surface area contributed by atoms with Crippen molar-refractivity contribution < 1.29 is 8.42 Å². The molecule has 1 aliphatic rings. The molecule has 0 aromatic carbocycles. The van der Waals surface area contributed by atoms with Gasteiger partial charge in [-0.1, -0.05) is 20.8 Å². The van der Waals surface area contributed by atoms with Crippen molar-refractivity contribution in [3.8, 4) is 0 Å². The van der Waals surface area contributed by atoms with Gasteiger partial charge in [0.15, 0.2) is 0 Å². The third kappa shape index (κ3) is 3.93. The van der Waals surface area contributed by atoms with Gasteiger partial charge in [-0.05, 0) is 38.1 Å². The van der Waals surface area contributed by atoms with Gasteiger partial charge in [-0.2, -0.15) is 0 Å². The van der Waals surface area contributed by atoms with Gasteiger partial charge in [0, 0.05) is 12.6 Å². The van der Waals surface area contributed by atoms with Crippen LogP contribution in [0.2, 0.25) is 0 Å². The molecule has 5 heteroatoms. The van der Waals surface area contributed by atoms with Crippen LogP contribution in [0, 0.1) is 11.8 Å². The minimum atomic E-state index is -3.18. The van der Waals surface area contributed by atoms with Crippen LogP contribution < -0.4 is 10.0 Å². The van der Waals surface area contributed by atoms with Crippen molar-refractivity contribution >= 4 is 10.0 Å². The highest BCUT2D eigenvalue weighted by Crippen LogP contribution is 2.31. The van der Waals surface area contributed by atoms with Crippen LogP contribution >= 0.6 is 0 Å². The summed E-state index contributed by atoms with van der Waals surface area (Å²) in [5.41, 5.74) is 0. The first-order valence-corrected chi connectivity index (χ1v) is 8.15. The van der Waals surface area contributed by atoms with E-state index in [2.05, 4.69) is 23.9 Å². The minimum absolute atomic E-state index is 0.124. The highest BCUT2D eigenvalue weighted by atomic mass is 32.2. The van der Waals surface area contributed by atoms with Crippen LogP contribution in [0.15, 0.2) is 0 Å². The maximum absolute atomic E-state index is 12.1. The van der Waals surface area contributed by atoms with Gasteiger partial charge < -0.3 is 5.32 Å². The van der Waals surface area contributed by atoms with Gasteiger partial charge >= 0.3 is 0 Å². The SMILES string of the molecule is CCNCC(C)S(=O)(=O)NC1CCC(C)C1C. The molecule has 4 unspecified atom stereocenters. The van der Waals surface area contributed by atoms with Gasteiger partial charge in [-0.25, -0.2) is 13.1 Å². The van der Waals surface area contributed by atoms with Gasteiger partial charge in [-0.3, -0.25) is 0 Å². The first-order chi connectivity index (χ1) is 7.88. The molecule has 0 heterocycles. The zero-order valence-electron chi connectivity index (χ0n) is 11.4. The molecule has 0 radical (unpaired) electrons. The summed E-state index contributed by atoms with van der Waals surface area (Å²) in [6, 6.07) is 0.124. The standard InChI is InChI=1S/C12H26N2O2S/c1-5-13-8-10(3)17(15,16)14-12-7-6-9(2)11(12)4/h9-14H,5-8H2,1-4H3. The van der Waals surface area contributed by atoms with E-state index in [-0.39, 0.29) is 11.3 Å². The lowest BCUT2D eigenvalue weighted by Crippen LogP contribution is -2.44. The molecule has 0 saturated heterocycles. The van der Waals surface area contributed by atoms with Crippen molar-refractivity contribution in [2.75, 3.05) is 13.1 Å². The smallest absolute Gasteiger partial charge is 0.215 e. The Morgan fingerprint density at radius 3 is 2.41 bits per heavy atom. The predicted molar refractivity (Wildman–Crippen MR) is 71.4 cm³/mol.